The van der Waals surface area contributed by atoms with E-state index < -0.39 is 28.2 Å². The van der Waals surface area contributed by atoms with Crippen LogP contribution in [0.2, 0.25) is 5.02 Å². The van der Waals surface area contributed by atoms with Crippen LogP contribution in [0.4, 0.5) is 5.69 Å². The molecular weight excluding hydrogens is 364 g/mol. The summed E-state index contributed by atoms with van der Waals surface area (Å²) in [5.74, 6) is -1.81. The van der Waals surface area contributed by atoms with Crippen molar-refractivity contribution in [1.82, 2.24) is 10.7 Å². The van der Waals surface area contributed by atoms with Gasteiger partial charge < -0.3 is 10.4 Å². The molecule has 2 aromatic rings. The van der Waals surface area contributed by atoms with Gasteiger partial charge in [0.25, 0.3) is 17.5 Å². The van der Waals surface area contributed by atoms with Crippen molar-refractivity contribution in [1.29, 1.82) is 0 Å². The third-order valence-corrected chi connectivity index (χ3v) is 3.35. The molecule has 2 N–H and O–H groups in total. The summed E-state index contributed by atoms with van der Waals surface area (Å²) >= 11 is 5.72. The first-order valence-electron chi connectivity index (χ1n) is 7.18. The third kappa shape index (κ3) is 5.28. The van der Waals surface area contributed by atoms with Crippen LogP contribution >= 0.6 is 11.6 Å². The summed E-state index contributed by atoms with van der Waals surface area (Å²) < 4.78 is 0. The molecule has 9 nitrogen and oxygen atoms in total. The van der Waals surface area contributed by atoms with Gasteiger partial charge in [0.05, 0.1) is 17.7 Å². The summed E-state index contributed by atoms with van der Waals surface area (Å²) in [5.41, 5.74) is 2.25. The smallest absolute Gasteiger partial charge is 0.261 e. The van der Waals surface area contributed by atoms with E-state index in [1.807, 2.05) is 0 Å². The first kappa shape index (κ1) is 18.9. The summed E-state index contributed by atoms with van der Waals surface area (Å²) in [5, 5.41) is 28.5. The van der Waals surface area contributed by atoms with Gasteiger partial charge in [0.2, 0.25) is 0 Å². The fourth-order valence-corrected chi connectivity index (χ4v) is 1.97. The predicted molar refractivity (Wildman–Crippen MR) is 92.1 cm³/mol. The highest BCUT2D eigenvalue weighted by Crippen LogP contribution is 2.22. The van der Waals surface area contributed by atoms with Crippen LogP contribution in [0.3, 0.4) is 0 Å². The summed E-state index contributed by atoms with van der Waals surface area (Å²) in [4.78, 5) is 33.2. The zero-order valence-electron chi connectivity index (χ0n) is 13.1. The molecule has 134 valence electrons. The van der Waals surface area contributed by atoms with Crippen LogP contribution < -0.4 is 15.8 Å². The zero-order chi connectivity index (χ0) is 19.1. The van der Waals surface area contributed by atoms with Gasteiger partial charge in [0, 0.05) is 16.7 Å². The molecule has 0 aromatic heterocycles. The average molecular weight is 376 g/mol. The Bertz CT molecular complexity index is 867. The Morgan fingerprint density at radius 3 is 2.50 bits per heavy atom. The maximum atomic E-state index is 11.8. The molecule has 0 aliphatic heterocycles. The minimum Gasteiger partial charge on any atom is -0.868 e. The number of nitro groups is 1. The number of nitrogens with one attached hydrogen (secondary N) is 2. The van der Waals surface area contributed by atoms with Gasteiger partial charge in [-0.15, -0.1) is 0 Å². The van der Waals surface area contributed by atoms with Crippen LogP contribution in [-0.2, 0) is 4.79 Å². The molecule has 10 heteroatoms. The molecule has 0 fully saturated rings. The minimum absolute atomic E-state index is 0.283. The number of amides is 2. The summed E-state index contributed by atoms with van der Waals surface area (Å²) in [7, 11) is 0. The largest absolute Gasteiger partial charge is 0.868 e. The highest BCUT2D eigenvalue weighted by molar-refractivity contribution is 6.30. The lowest BCUT2D eigenvalue weighted by Crippen LogP contribution is -2.34. The van der Waals surface area contributed by atoms with Crippen LogP contribution in [0, 0.1) is 10.1 Å². The molecule has 0 saturated heterocycles. The van der Waals surface area contributed by atoms with Crippen LogP contribution in [0.1, 0.15) is 15.9 Å². The first-order valence-corrected chi connectivity index (χ1v) is 7.56. The molecule has 0 aliphatic rings. The van der Waals surface area contributed by atoms with Crippen molar-refractivity contribution in [2.45, 2.75) is 0 Å². The van der Waals surface area contributed by atoms with Crippen LogP contribution in [0.5, 0.6) is 5.75 Å². The fourth-order valence-electron chi connectivity index (χ4n) is 1.84. The maximum Gasteiger partial charge on any atom is 0.261 e. The SMILES string of the molecule is O=C(CNC(=O)c1ccc(Cl)cc1)N/N=C\c1ccc([N+](=O)[O-])c([O-])c1. The standard InChI is InChI=1S/C16H13ClN4O5/c17-12-4-2-11(3-5-12)16(24)18-9-15(23)20-19-8-10-1-6-13(21(25)26)14(22)7-10/h1-8,22H,9H2,(H,18,24)(H,20,23)/p-1/b19-8-. The molecule has 26 heavy (non-hydrogen) atoms. The molecule has 0 saturated carbocycles. The van der Waals surface area contributed by atoms with E-state index in [2.05, 4.69) is 15.8 Å². The van der Waals surface area contributed by atoms with E-state index >= 15 is 0 Å². The normalized spacial score (nSPS) is 10.5. The molecular formula is C16H12ClN4O5-. The van der Waals surface area contributed by atoms with E-state index in [-0.39, 0.29) is 12.1 Å². The van der Waals surface area contributed by atoms with Crippen molar-refractivity contribution in [3.63, 3.8) is 0 Å². The highest BCUT2D eigenvalue weighted by atomic mass is 35.5. The van der Waals surface area contributed by atoms with Gasteiger partial charge >= 0.3 is 0 Å². The number of nitrogens with zero attached hydrogens (tertiary/aromatic N) is 2. The maximum absolute atomic E-state index is 11.8. The van der Waals surface area contributed by atoms with E-state index in [1.54, 1.807) is 12.1 Å². The van der Waals surface area contributed by atoms with Crippen molar-refractivity contribution in [3.8, 4) is 5.75 Å². The molecule has 0 aliphatic carbocycles. The number of carbonyl (C=O) groups is 2. The second kappa shape index (κ2) is 8.58. The number of halogens is 1. The van der Waals surface area contributed by atoms with Crippen molar-refractivity contribution in [3.05, 3.63) is 68.7 Å². The monoisotopic (exact) mass is 375 g/mol. The molecule has 0 radical (unpaired) electrons. The first-order chi connectivity index (χ1) is 12.4. The molecule has 2 rings (SSSR count). The summed E-state index contributed by atoms with van der Waals surface area (Å²) in [6.45, 7) is -0.314. The summed E-state index contributed by atoms with van der Waals surface area (Å²) in [6.07, 6.45) is 1.16. The number of hydrogen-bond donors (Lipinski definition) is 2. The lowest BCUT2D eigenvalue weighted by Gasteiger charge is -2.06. The Morgan fingerprint density at radius 1 is 1.19 bits per heavy atom. The average Bonchev–Trinajstić information content (AvgIpc) is 2.60. The molecule has 0 spiro atoms. The lowest BCUT2D eigenvalue weighted by molar-refractivity contribution is -0.398. The lowest BCUT2D eigenvalue weighted by atomic mass is 10.2. The minimum atomic E-state index is -0.783. The van der Waals surface area contributed by atoms with E-state index in [0.29, 0.717) is 10.6 Å². The Balaban J connectivity index is 1.83. The Labute approximate surface area is 152 Å². The van der Waals surface area contributed by atoms with Crippen molar-refractivity contribution in [2.24, 2.45) is 5.10 Å². The van der Waals surface area contributed by atoms with Gasteiger partial charge in [-0.1, -0.05) is 17.7 Å². The Morgan fingerprint density at radius 2 is 1.88 bits per heavy atom. The van der Waals surface area contributed by atoms with Gasteiger partial charge in [-0.3, -0.25) is 19.7 Å². The Kier molecular flexibility index (Phi) is 6.23. The van der Waals surface area contributed by atoms with Gasteiger partial charge in [-0.05, 0) is 41.6 Å². The van der Waals surface area contributed by atoms with Crippen LogP contribution in [0.15, 0.2) is 47.6 Å². The molecule has 2 amide bonds. The predicted octanol–water partition coefficient (Wildman–Crippen LogP) is 1.20. The van der Waals surface area contributed by atoms with E-state index in [4.69, 9.17) is 11.6 Å². The topological polar surface area (TPSA) is 137 Å². The van der Waals surface area contributed by atoms with Crippen LogP contribution in [-0.4, -0.2) is 29.5 Å². The molecule has 0 heterocycles. The quantitative estimate of drug-likeness (QED) is 0.444. The van der Waals surface area contributed by atoms with Gasteiger partial charge in [-0.25, -0.2) is 5.43 Å². The van der Waals surface area contributed by atoms with E-state index in [0.717, 1.165) is 18.3 Å². The van der Waals surface area contributed by atoms with Gasteiger partial charge in [-0.2, -0.15) is 5.10 Å². The van der Waals surface area contributed by atoms with Crippen molar-refractivity contribution >= 4 is 35.3 Å². The number of carbonyl (C=O) groups excluding carboxylic acids is 2. The van der Waals surface area contributed by atoms with E-state index in [9.17, 15) is 24.8 Å². The number of hydrogen-bond acceptors (Lipinski definition) is 6. The number of benzene rings is 2. The van der Waals surface area contributed by atoms with Crippen molar-refractivity contribution < 1.29 is 19.6 Å². The molecule has 0 bridgehead atoms. The summed E-state index contributed by atoms with van der Waals surface area (Å²) in [6, 6.07) is 9.53. The molecule has 0 unspecified atom stereocenters. The Hall–Kier alpha value is -3.46. The fraction of sp³-hybridized carbons (Fsp3) is 0.0625. The van der Waals surface area contributed by atoms with Gasteiger partial charge in [0.15, 0.2) is 0 Å². The molecule has 0 atom stereocenters. The second-order valence-corrected chi connectivity index (χ2v) is 5.40. The van der Waals surface area contributed by atoms with Crippen LogP contribution in [0.25, 0.3) is 0 Å². The number of hydrazone groups is 1. The second-order valence-electron chi connectivity index (χ2n) is 4.97. The highest BCUT2D eigenvalue weighted by Gasteiger charge is 2.08. The molecule has 2 aromatic carbocycles. The zero-order valence-corrected chi connectivity index (χ0v) is 13.9. The number of nitro benzene ring substituents is 1. The number of rotatable bonds is 6. The van der Waals surface area contributed by atoms with Gasteiger partial charge in [0.1, 0.15) is 0 Å². The van der Waals surface area contributed by atoms with Crippen molar-refractivity contribution in [2.75, 3.05) is 6.54 Å². The van der Waals surface area contributed by atoms with E-state index in [1.165, 1.54) is 18.2 Å². The third-order valence-electron chi connectivity index (χ3n) is 3.10.